The molecule has 5 heteroatoms. The number of ether oxygens (including phenoxy) is 1. The number of benzene rings is 1. The first kappa shape index (κ1) is 11.4. The van der Waals surface area contributed by atoms with E-state index in [1.165, 1.54) is 18.5 Å². The van der Waals surface area contributed by atoms with Gasteiger partial charge in [0, 0.05) is 11.9 Å². The second kappa shape index (κ2) is 4.86. The summed E-state index contributed by atoms with van der Waals surface area (Å²) in [5.41, 5.74) is 6.72. The maximum atomic E-state index is 8.98. The molecule has 0 saturated carbocycles. The standard InChI is InChI=1S/C13H8N4O/c14-6-9-3-4-17-8-13(9)18-12-2-1-11(16)5-10(12)7-15/h1-5,8H,16H2. The molecule has 1 heterocycles. The van der Waals surface area contributed by atoms with Crippen LogP contribution < -0.4 is 10.5 Å². The van der Waals surface area contributed by atoms with Crippen molar-refractivity contribution >= 4 is 5.69 Å². The highest BCUT2D eigenvalue weighted by Gasteiger charge is 2.08. The van der Waals surface area contributed by atoms with Crippen molar-refractivity contribution in [3.8, 4) is 23.6 Å². The quantitative estimate of drug-likeness (QED) is 0.806. The maximum Gasteiger partial charge on any atom is 0.163 e. The Kier molecular flexibility index (Phi) is 3.08. The Morgan fingerprint density at radius 2 is 1.83 bits per heavy atom. The summed E-state index contributed by atoms with van der Waals surface area (Å²) in [6.07, 6.45) is 2.93. The maximum absolute atomic E-state index is 8.98. The van der Waals surface area contributed by atoms with Gasteiger partial charge in [0.2, 0.25) is 0 Å². The molecule has 5 nitrogen and oxygen atoms in total. The van der Waals surface area contributed by atoms with Crippen LogP contribution in [0.2, 0.25) is 0 Å². The van der Waals surface area contributed by atoms with Gasteiger partial charge in [0.05, 0.1) is 17.3 Å². The highest BCUT2D eigenvalue weighted by atomic mass is 16.5. The third-order valence-corrected chi connectivity index (χ3v) is 2.25. The highest BCUT2D eigenvalue weighted by molar-refractivity contribution is 5.55. The average Bonchev–Trinajstić information content (AvgIpc) is 2.41. The Bertz CT molecular complexity index is 667. The zero-order valence-electron chi connectivity index (χ0n) is 9.29. The van der Waals surface area contributed by atoms with Gasteiger partial charge in [0.1, 0.15) is 17.9 Å². The fraction of sp³-hybridized carbons (Fsp3) is 0. The molecule has 2 rings (SSSR count). The number of nitrogens with two attached hydrogens (primary N) is 1. The van der Waals surface area contributed by atoms with Gasteiger partial charge in [-0.05, 0) is 24.3 Å². The van der Waals surface area contributed by atoms with Gasteiger partial charge in [-0.2, -0.15) is 10.5 Å². The molecule has 0 aliphatic carbocycles. The minimum Gasteiger partial charge on any atom is -0.453 e. The van der Waals surface area contributed by atoms with Gasteiger partial charge in [-0.15, -0.1) is 0 Å². The molecular formula is C13H8N4O. The molecule has 1 aromatic heterocycles. The summed E-state index contributed by atoms with van der Waals surface area (Å²) in [7, 11) is 0. The summed E-state index contributed by atoms with van der Waals surface area (Å²) in [5.74, 6) is 0.650. The van der Waals surface area contributed by atoms with Crippen LogP contribution in [0.3, 0.4) is 0 Å². The fourth-order valence-corrected chi connectivity index (χ4v) is 1.40. The van der Waals surface area contributed by atoms with Crippen molar-refractivity contribution in [2.45, 2.75) is 0 Å². The van der Waals surface area contributed by atoms with Crippen LogP contribution in [0.4, 0.5) is 5.69 Å². The number of nitriles is 2. The Hall–Kier alpha value is -3.05. The number of hydrogen-bond acceptors (Lipinski definition) is 5. The molecule has 2 aromatic rings. The van der Waals surface area contributed by atoms with E-state index in [4.69, 9.17) is 21.0 Å². The second-order valence-corrected chi connectivity index (χ2v) is 3.45. The number of aromatic nitrogens is 1. The molecule has 0 radical (unpaired) electrons. The first-order valence-corrected chi connectivity index (χ1v) is 5.06. The lowest BCUT2D eigenvalue weighted by Crippen LogP contribution is -1.93. The number of pyridine rings is 1. The number of rotatable bonds is 2. The third-order valence-electron chi connectivity index (χ3n) is 2.25. The minimum absolute atomic E-state index is 0.307. The van der Waals surface area contributed by atoms with Gasteiger partial charge in [-0.1, -0.05) is 0 Å². The van der Waals surface area contributed by atoms with Crippen molar-refractivity contribution in [3.63, 3.8) is 0 Å². The Balaban J connectivity index is 2.41. The summed E-state index contributed by atoms with van der Waals surface area (Å²) in [6.45, 7) is 0. The van der Waals surface area contributed by atoms with Crippen LogP contribution in [0.1, 0.15) is 11.1 Å². The van der Waals surface area contributed by atoms with E-state index >= 15 is 0 Å². The molecule has 0 fully saturated rings. The lowest BCUT2D eigenvalue weighted by molar-refractivity contribution is 0.477. The topological polar surface area (TPSA) is 95.7 Å². The third kappa shape index (κ3) is 2.21. The van der Waals surface area contributed by atoms with Crippen LogP contribution in [0, 0.1) is 22.7 Å². The van der Waals surface area contributed by atoms with Crippen molar-refractivity contribution in [3.05, 3.63) is 47.8 Å². The number of nitrogens with zero attached hydrogens (tertiary/aromatic N) is 3. The monoisotopic (exact) mass is 236 g/mol. The highest BCUT2D eigenvalue weighted by Crippen LogP contribution is 2.28. The van der Waals surface area contributed by atoms with Crippen LogP contribution in [-0.4, -0.2) is 4.98 Å². The number of nitrogen functional groups attached to an aromatic ring is 1. The van der Waals surface area contributed by atoms with Crippen LogP contribution in [-0.2, 0) is 0 Å². The molecular weight excluding hydrogens is 228 g/mol. The number of anilines is 1. The summed E-state index contributed by atoms with van der Waals surface area (Å²) in [5, 5.41) is 17.9. The van der Waals surface area contributed by atoms with Crippen LogP contribution in [0.15, 0.2) is 36.7 Å². The zero-order chi connectivity index (χ0) is 13.0. The Morgan fingerprint density at radius 1 is 1.06 bits per heavy atom. The van der Waals surface area contributed by atoms with Gasteiger partial charge in [-0.25, -0.2) is 0 Å². The van der Waals surface area contributed by atoms with E-state index in [0.29, 0.717) is 28.3 Å². The predicted molar refractivity (Wildman–Crippen MR) is 64.6 cm³/mol. The molecule has 0 atom stereocenters. The van der Waals surface area contributed by atoms with Gasteiger partial charge in [0.25, 0.3) is 0 Å². The first-order chi connectivity index (χ1) is 8.74. The van der Waals surface area contributed by atoms with Crippen molar-refractivity contribution in [2.24, 2.45) is 0 Å². The first-order valence-electron chi connectivity index (χ1n) is 5.06. The predicted octanol–water partition coefficient (Wildman–Crippen LogP) is 2.20. The van der Waals surface area contributed by atoms with E-state index in [1.54, 1.807) is 18.2 Å². The molecule has 2 N–H and O–H groups in total. The van der Waals surface area contributed by atoms with Crippen molar-refractivity contribution in [2.75, 3.05) is 5.73 Å². The second-order valence-electron chi connectivity index (χ2n) is 3.45. The lowest BCUT2D eigenvalue weighted by Gasteiger charge is -2.08. The molecule has 0 spiro atoms. The molecule has 18 heavy (non-hydrogen) atoms. The molecule has 86 valence electrons. The minimum atomic E-state index is 0.307. The van der Waals surface area contributed by atoms with Crippen molar-refractivity contribution < 1.29 is 4.74 Å². The fourth-order valence-electron chi connectivity index (χ4n) is 1.40. The summed E-state index contributed by atoms with van der Waals surface area (Å²) in [6, 6.07) is 10.2. The Labute approximate surface area is 104 Å². The Morgan fingerprint density at radius 3 is 2.56 bits per heavy atom. The largest absolute Gasteiger partial charge is 0.453 e. The molecule has 0 amide bonds. The van der Waals surface area contributed by atoms with Gasteiger partial charge < -0.3 is 10.5 Å². The summed E-state index contributed by atoms with van der Waals surface area (Å²) >= 11 is 0. The van der Waals surface area contributed by atoms with Gasteiger partial charge in [-0.3, -0.25) is 4.98 Å². The molecule has 1 aromatic carbocycles. The smallest absolute Gasteiger partial charge is 0.163 e. The normalized spacial score (nSPS) is 9.22. The van der Waals surface area contributed by atoms with Crippen molar-refractivity contribution in [1.29, 1.82) is 10.5 Å². The van der Waals surface area contributed by atoms with Crippen LogP contribution >= 0.6 is 0 Å². The molecule has 0 unspecified atom stereocenters. The zero-order valence-corrected chi connectivity index (χ0v) is 9.29. The van der Waals surface area contributed by atoms with Crippen molar-refractivity contribution in [1.82, 2.24) is 4.98 Å². The van der Waals surface area contributed by atoms with E-state index in [9.17, 15) is 0 Å². The van der Waals surface area contributed by atoms with E-state index < -0.39 is 0 Å². The molecule has 0 aliphatic rings. The van der Waals surface area contributed by atoms with Gasteiger partial charge in [0.15, 0.2) is 5.75 Å². The lowest BCUT2D eigenvalue weighted by atomic mass is 10.2. The number of hydrogen-bond donors (Lipinski definition) is 1. The summed E-state index contributed by atoms with van der Waals surface area (Å²) < 4.78 is 5.51. The SMILES string of the molecule is N#Cc1cc(N)ccc1Oc1cnccc1C#N. The van der Waals surface area contributed by atoms with E-state index in [2.05, 4.69) is 4.98 Å². The van der Waals surface area contributed by atoms with E-state index in [0.717, 1.165) is 0 Å². The molecule has 0 bridgehead atoms. The molecule has 0 saturated heterocycles. The van der Waals surface area contributed by atoms with E-state index in [1.807, 2.05) is 12.1 Å². The summed E-state index contributed by atoms with van der Waals surface area (Å²) in [4.78, 5) is 3.88. The van der Waals surface area contributed by atoms with E-state index in [-0.39, 0.29) is 0 Å². The van der Waals surface area contributed by atoms with Crippen LogP contribution in [0.25, 0.3) is 0 Å². The van der Waals surface area contributed by atoms with Crippen LogP contribution in [0.5, 0.6) is 11.5 Å². The van der Waals surface area contributed by atoms with Gasteiger partial charge >= 0.3 is 0 Å². The molecule has 0 aliphatic heterocycles. The average molecular weight is 236 g/mol.